The maximum absolute atomic E-state index is 13.9. The van der Waals surface area contributed by atoms with Crippen molar-refractivity contribution in [1.29, 1.82) is 0 Å². The Bertz CT molecular complexity index is 2210. The van der Waals surface area contributed by atoms with E-state index in [0.717, 1.165) is 51.2 Å². The monoisotopic (exact) mass is 762 g/mol. The smallest absolute Gasteiger partial charge is 0.355 e. The molecule has 0 atom stereocenters. The summed E-state index contributed by atoms with van der Waals surface area (Å²) in [6.07, 6.45) is 2.86. The number of benzene rings is 3. The minimum Gasteiger partial charge on any atom is -0.493 e. The number of aromatic nitrogens is 3. The van der Waals surface area contributed by atoms with Gasteiger partial charge in [0.1, 0.15) is 18.1 Å². The summed E-state index contributed by atoms with van der Waals surface area (Å²) in [5.74, 6) is 0.373. The van der Waals surface area contributed by atoms with Crippen LogP contribution in [0.15, 0.2) is 54.6 Å². The molecule has 0 saturated heterocycles. The molecule has 53 heavy (non-hydrogen) atoms. The second-order valence-electron chi connectivity index (χ2n) is 15.0. The van der Waals surface area contributed by atoms with Gasteiger partial charge in [0.05, 0.1) is 43.0 Å². The Labute approximate surface area is 314 Å². The summed E-state index contributed by atoms with van der Waals surface area (Å²) in [6.45, 7) is 15.9. The molecule has 0 radical (unpaired) electrons. The number of nitrogens with zero attached hydrogens (tertiary/aromatic N) is 3. The summed E-state index contributed by atoms with van der Waals surface area (Å²) in [5.41, 5.74) is 12.0. The summed E-state index contributed by atoms with van der Waals surface area (Å²) in [4.78, 5) is 13.9. The van der Waals surface area contributed by atoms with Crippen LogP contribution in [0.5, 0.6) is 5.75 Å². The number of carbonyl (C=O) groups is 1. The Morgan fingerprint density at radius 1 is 1.00 bits per heavy atom. The van der Waals surface area contributed by atoms with Gasteiger partial charge in [0.25, 0.3) is 10.1 Å². The largest absolute Gasteiger partial charge is 0.493 e. The van der Waals surface area contributed by atoms with Crippen molar-refractivity contribution in [3.05, 3.63) is 77.2 Å². The number of fused-ring (bicyclic) bond motifs is 2. The lowest BCUT2D eigenvalue weighted by atomic mass is 9.97. The van der Waals surface area contributed by atoms with Crippen molar-refractivity contribution in [3.8, 4) is 16.9 Å². The highest BCUT2D eigenvalue weighted by Crippen LogP contribution is 2.43. The van der Waals surface area contributed by atoms with Gasteiger partial charge in [-0.1, -0.05) is 70.2 Å². The first kappa shape index (κ1) is 40.0. The zero-order chi connectivity index (χ0) is 38.7. The highest BCUT2D eigenvalue weighted by Gasteiger charge is 2.38. The molecule has 13 heteroatoms. The summed E-state index contributed by atoms with van der Waals surface area (Å²) < 4.78 is 52.2. The van der Waals surface area contributed by atoms with Crippen molar-refractivity contribution in [2.75, 3.05) is 25.2 Å². The van der Waals surface area contributed by atoms with Crippen molar-refractivity contribution in [2.24, 2.45) is 7.05 Å². The Morgan fingerprint density at radius 2 is 1.72 bits per heavy atom. The molecule has 0 bridgehead atoms. The molecule has 5 aromatic rings. The fourth-order valence-electron chi connectivity index (χ4n) is 6.50. The van der Waals surface area contributed by atoms with Crippen LogP contribution in [-0.4, -0.2) is 56.5 Å². The lowest BCUT2D eigenvalue weighted by Crippen LogP contribution is -2.40. The molecular formula is C40H54N4O7SSi. The molecule has 286 valence electrons. The fourth-order valence-corrected chi connectivity index (χ4v) is 7.76. The first-order chi connectivity index (χ1) is 25.0. The minimum absolute atomic E-state index is 0.0464. The van der Waals surface area contributed by atoms with Crippen LogP contribution >= 0.6 is 0 Å². The Morgan fingerprint density at radius 3 is 2.40 bits per heavy atom. The molecule has 2 N–H and O–H groups in total. The molecule has 0 amide bonds. The van der Waals surface area contributed by atoms with Crippen LogP contribution in [0.4, 0.5) is 5.69 Å². The van der Waals surface area contributed by atoms with Crippen molar-refractivity contribution in [2.45, 2.75) is 91.8 Å². The topological polar surface area (TPSA) is 137 Å². The summed E-state index contributed by atoms with van der Waals surface area (Å²) in [6, 6.07) is 17.9. The van der Waals surface area contributed by atoms with Crippen LogP contribution in [0.3, 0.4) is 0 Å². The average molecular weight is 763 g/mol. The molecule has 2 aromatic heterocycles. The zero-order valence-electron chi connectivity index (χ0n) is 32.5. The van der Waals surface area contributed by atoms with Crippen LogP contribution in [-0.2, 0) is 56.7 Å². The van der Waals surface area contributed by atoms with Crippen molar-refractivity contribution in [3.63, 3.8) is 0 Å². The highest BCUT2D eigenvalue weighted by molar-refractivity contribution is 7.85. The lowest BCUT2D eigenvalue weighted by Gasteiger charge is -2.36. The maximum Gasteiger partial charge on any atom is 0.355 e. The molecule has 2 heterocycles. The molecule has 5 rings (SSSR count). The third-order valence-corrected chi connectivity index (χ3v) is 15.1. The summed E-state index contributed by atoms with van der Waals surface area (Å²) >= 11 is 0. The highest BCUT2D eigenvalue weighted by atomic mass is 32.2. The van der Waals surface area contributed by atoms with Crippen LogP contribution in [0.2, 0.25) is 18.1 Å². The van der Waals surface area contributed by atoms with Crippen LogP contribution in [0, 0.1) is 0 Å². The second-order valence-corrected chi connectivity index (χ2v) is 21.4. The number of carbonyl (C=O) groups excluding carboxylic acids is 1. The van der Waals surface area contributed by atoms with Crippen LogP contribution < -0.4 is 10.5 Å². The maximum atomic E-state index is 13.9. The third-order valence-electron chi connectivity index (χ3n) is 10.1. The second kappa shape index (κ2) is 16.1. The minimum atomic E-state index is -3.78. The Kier molecular flexibility index (Phi) is 12.1. The fraction of sp³-hybridized carbons (Fsp3) is 0.450. The van der Waals surface area contributed by atoms with E-state index >= 15 is 0 Å². The van der Waals surface area contributed by atoms with E-state index in [1.165, 1.54) is 0 Å². The van der Waals surface area contributed by atoms with Crippen LogP contribution in [0.25, 0.3) is 32.8 Å². The van der Waals surface area contributed by atoms with Crippen molar-refractivity contribution < 1.29 is 31.3 Å². The molecule has 11 nitrogen and oxygen atoms in total. The van der Waals surface area contributed by atoms with E-state index in [2.05, 4.69) is 52.9 Å². The van der Waals surface area contributed by atoms with Gasteiger partial charge >= 0.3 is 5.97 Å². The SMILES string of the molecule is CCCn1c(C(=O)OCC)c(CCCOc2cccc3ccccc23)c2c(N)ccc(-c3c(CO[Si](C)(C)C(C)(C)C)nn(C)c3COS(C)(=O)=O)c21. The number of esters is 1. The number of anilines is 1. The molecule has 3 aromatic carbocycles. The lowest BCUT2D eigenvalue weighted by molar-refractivity contribution is 0.0512. The van der Waals surface area contributed by atoms with E-state index < -0.39 is 24.4 Å². The van der Waals surface area contributed by atoms with Crippen molar-refractivity contribution in [1.82, 2.24) is 14.3 Å². The van der Waals surface area contributed by atoms with Gasteiger partial charge in [-0.2, -0.15) is 13.5 Å². The van der Waals surface area contributed by atoms with E-state index in [4.69, 9.17) is 28.9 Å². The molecular weight excluding hydrogens is 709 g/mol. The molecule has 0 spiro atoms. The molecule has 0 saturated carbocycles. The molecule has 0 unspecified atom stereocenters. The van der Waals surface area contributed by atoms with Gasteiger partial charge in [-0.25, -0.2) is 4.79 Å². The standard InChI is InChI=1S/C40H54N4O7SSi/c1-10-23-44-37-30(36-32(25-51-53(8,9)40(3,4)5)42-43(6)33(36)26-50-52(7,46)47)21-22-31(41)35(37)29(38(44)39(45)48-11-2)19-15-24-49-34-20-14-17-27-16-12-13-18-28(27)34/h12-14,16-18,20-22H,10-11,15,19,23-26,41H2,1-9H3. The van der Waals surface area contributed by atoms with Gasteiger partial charge in [-0.3, -0.25) is 8.86 Å². The number of nitrogens with two attached hydrogens (primary N) is 1. The number of aryl methyl sites for hydroxylation is 3. The molecule has 0 aliphatic rings. The van der Waals surface area contributed by atoms with Crippen molar-refractivity contribution >= 4 is 51.8 Å². The Hall–Kier alpha value is -4.17. The number of ether oxygens (including phenoxy) is 2. The number of nitrogen functional groups attached to an aromatic ring is 1. The van der Waals surface area contributed by atoms with E-state index in [9.17, 15) is 13.2 Å². The zero-order valence-corrected chi connectivity index (χ0v) is 34.4. The van der Waals surface area contributed by atoms with Gasteiger partial charge in [0.15, 0.2) is 8.32 Å². The predicted molar refractivity (Wildman–Crippen MR) is 214 cm³/mol. The predicted octanol–water partition coefficient (Wildman–Crippen LogP) is 8.37. The van der Waals surface area contributed by atoms with E-state index in [1.54, 1.807) is 18.7 Å². The Balaban J connectivity index is 1.67. The number of rotatable bonds is 16. The number of hydrogen-bond donors (Lipinski definition) is 1. The van der Waals surface area contributed by atoms with Gasteiger partial charge in [0.2, 0.25) is 0 Å². The van der Waals surface area contributed by atoms with Gasteiger partial charge in [-0.05, 0) is 67.4 Å². The van der Waals surface area contributed by atoms with E-state index in [1.807, 2.05) is 47.0 Å². The van der Waals surface area contributed by atoms with E-state index in [0.29, 0.717) is 54.3 Å². The molecule has 0 aliphatic carbocycles. The first-order valence-electron chi connectivity index (χ1n) is 18.2. The third kappa shape index (κ3) is 8.64. The van der Waals surface area contributed by atoms with Gasteiger partial charge < -0.3 is 24.2 Å². The van der Waals surface area contributed by atoms with E-state index in [-0.39, 0.29) is 24.9 Å². The average Bonchev–Trinajstić information content (AvgIpc) is 3.58. The first-order valence-corrected chi connectivity index (χ1v) is 23.0. The van der Waals surface area contributed by atoms with Gasteiger partial charge in [0, 0.05) is 41.2 Å². The quantitative estimate of drug-likeness (QED) is 0.0346. The molecule has 0 fully saturated rings. The molecule has 0 aliphatic heterocycles. The summed E-state index contributed by atoms with van der Waals surface area (Å²) in [7, 11) is -4.23. The normalized spacial score (nSPS) is 12.5. The van der Waals surface area contributed by atoms with Gasteiger partial charge in [-0.15, -0.1) is 0 Å². The number of hydrogen-bond acceptors (Lipinski definition) is 9. The summed E-state index contributed by atoms with van der Waals surface area (Å²) in [5, 5.41) is 7.71. The van der Waals surface area contributed by atoms with Crippen LogP contribution in [0.1, 0.15) is 74.9 Å².